The van der Waals surface area contributed by atoms with Gasteiger partial charge in [0.25, 0.3) is 0 Å². The van der Waals surface area contributed by atoms with E-state index in [4.69, 9.17) is 4.74 Å². The Morgan fingerprint density at radius 2 is 2.04 bits per heavy atom. The van der Waals surface area contributed by atoms with Crippen LogP contribution in [0.1, 0.15) is 22.1 Å². The van der Waals surface area contributed by atoms with Crippen molar-refractivity contribution in [3.8, 4) is 5.69 Å². The molecular weight excluding hydrogens is 336 g/mol. The van der Waals surface area contributed by atoms with E-state index >= 15 is 0 Å². The van der Waals surface area contributed by atoms with E-state index in [1.165, 1.54) is 11.3 Å². The summed E-state index contributed by atoms with van der Waals surface area (Å²) < 4.78 is 7.06. The van der Waals surface area contributed by atoms with Crippen LogP contribution in [0.4, 0.5) is 5.69 Å². The first-order valence-corrected chi connectivity index (χ1v) is 8.78. The van der Waals surface area contributed by atoms with Crippen LogP contribution in [0.3, 0.4) is 0 Å². The van der Waals surface area contributed by atoms with E-state index < -0.39 is 0 Å². The highest BCUT2D eigenvalue weighted by molar-refractivity contribution is 7.09. The lowest BCUT2D eigenvalue weighted by Crippen LogP contribution is -2.14. The van der Waals surface area contributed by atoms with Crippen LogP contribution in [0.25, 0.3) is 5.69 Å². The summed E-state index contributed by atoms with van der Waals surface area (Å²) in [6, 6.07) is 7.70. The van der Waals surface area contributed by atoms with E-state index in [0.29, 0.717) is 6.61 Å². The Morgan fingerprint density at radius 1 is 1.28 bits per heavy atom. The number of thiazole rings is 1. The monoisotopic (exact) mass is 356 g/mol. The van der Waals surface area contributed by atoms with Gasteiger partial charge in [-0.05, 0) is 38.1 Å². The minimum atomic E-state index is -0.0864. The first-order valence-electron chi connectivity index (χ1n) is 7.90. The molecule has 3 rings (SSSR count). The Kier molecular flexibility index (Phi) is 5.25. The number of amides is 1. The number of benzene rings is 1. The Hall–Kier alpha value is -2.51. The number of hydrogen-bond donors (Lipinski definition) is 1. The van der Waals surface area contributed by atoms with Crippen LogP contribution >= 0.6 is 11.3 Å². The van der Waals surface area contributed by atoms with Crippen LogP contribution in [-0.4, -0.2) is 27.6 Å². The van der Waals surface area contributed by atoms with Gasteiger partial charge in [0.15, 0.2) is 0 Å². The summed E-state index contributed by atoms with van der Waals surface area (Å²) >= 11 is 1.50. The predicted molar refractivity (Wildman–Crippen MR) is 98.2 cm³/mol. The summed E-state index contributed by atoms with van der Waals surface area (Å²) in [5, 5.41) is 5.67. The quantitative estimate of drug-likeness (QED) is 0.736. The number of nitrogens with zero attached hydrogens (tertiary/aromatic N) is 3. The molecule has 2 aromatic heterocycles. The molecule has 0 aliphatic heterocycles. The maximum Gasteiger partial charge on any atom is 0.230 e. The minimum Gasteiger partial charge on any atom is -0.378 e. The standard InChI is InChI=1S/C18H20N4O2S/c1-12-13(2)22(11-19-12)16-6-4-14(5-7-16)20-17(23)8-15-10-25-18(21-15)9-24-3/h4-7,10-11H,8-9H2,1-3H3,(H,20,23). The van der Waals surface area contributed by atoms with E-state index in [1.807, 2.05) is 48.1 Å². The number of hydrogen-bond acceptors (Lipinski definition) is 5. The highest BCUT2D eigenvalue weighted by atomic mass is 32.1. The molecule has 1 N–H and O–H groups in total. The van der Waals surface area contributed by atoms with Crippen molar-refractivity contribution in [1.82, 2.24) is 14.5 Å². The smallest absolute Gasteiger partial charge is 0.230 e. The lowest BCUT2D eigenvalue weighted by atomic mass is 10.2. The molecule has 0 bridgehead atoms. The lowest BCUT2D eigenvalue weighted by Gasteiger charge is -2.08. The zero-order chi connectivity index (χ0) is 17.8. The molecule has 3 aromatic rings. The number of carbonyl (C=O) groups is 1. The zero-order valence-corrected chi connectivity index (χ0v) is 15.3. The van der Waals surface area contributed by atoms with Crippen LogP contribution < -0.4 is 5.32 Å². The van der Waals surface area contributed by atoms with E-state index in [0.717, 1.165) is 33.5 Å². The molecule has 130 valence electrons. The fourth-order valence-corrected chi connectivity index (χ4v) is 3.22. The molecule has 0 unspecified atom stereocenters. The number of ether oxygens (including phenoxy) is 1. The van der Waals surface area contributed by atoms with Gasteiger partial charge in [-0.15, -0.1) is 11.3 Å². The molecule has 0 aliphatic rings. The molecule has 0 fully saturated rings. The third kappa shape index (κ3) is 4.12. The number of nitrogens with one attached hydrogen (secondary N) is 1. The predicted octanol–water partition coefficient (Wildman–Crippen LogP) is 3.27. The van der Waals surface area contributed by atoms with Crippen molar-refractivity contribution in [3.63, 3.8) is 0 Å². The maximum atomic E-state index is 12.2. The van der Waals surface area contributed by atoms with Gasteiger partial charge in [0.05, 0.1) is 30.7 Å². The fraction of sp³-hybridized carbons (Fsp3) is 0.278. The zero-order valence-electron chi connectivity index (χ0n) is 14.4. The van der Waals surface area contributed by atoms with Gasteiger partial charge >= 0.3 is 0 Å². The number of imidazole rings is 1. The van der Waals surface area contributed by atoms with Gasteiger partial charge in [-0.3, -0.25) is 4.79 Å². The topological polar surface area (TPSA) is 69.0 Å². The molecule has 1 amide bonds. The molecule has 7 heteroatoms. The van der Waals surface area contributed by atoms with Crippen LogP contribution in [0.2, 0.25) is 0 Å². The van der Waals surface area contributed by atoms with Crippen LogP contribution in [0, 0.1) is 13.8 Å². The second-order valence-corrected chi connectivity index (χ2v) is 6.67. The van der Waals surface area contributed by atoms with Crippen molar-refractivity contribution in [2.45, 2.75) is 26.9 Å². The molecule has 0 saturated carbocycles. The first-order chi connectivity index (χ1) is 12.1. The molecular formula is C18H20N4O2S. The van der Waals surface area contributed by atoms with E-state index in [9.17, 15) is 4.79 Å². The third-order valence-corrected chi connectivity index (χ3v) is 4.76. The SMILES string of the molecule is COCc1nc(CC(=O)Nc2ccc(-n3cnc(C)c3C)cc2)cs1. The molecule has 0 spiro atoms. The first kappa shape index (κ1) is 17.3. The summed E-state index contributed by atoms with van der Waals surface area (Å²) in [5.74, 6) is -0.0864. The Bertz CT molecular complexity index is 868. The Morgan fingerprint density at radius 3 is 2.68 bits per heavy atom. The highest BCUT2D eigenvalue weighted by Crippen LogP contribution is 2.17. The van der Waals surface area contributed by atoms with Crippen LogP contribution in [-0.2, 0) is 22.6 Å². The van der Waals surface area contributed by atoms with E-state index in [2.05, 4.69) is 15.3 Å². The Balaban J connectivity index is 1.62. The Labute approximate surface area is 150 Å². The van der Waals surface area contributed by atoms with Crippen molar-refractivity contribution in [1.29, 1.82) is 0 Å². The van der Waals surface area contributed by atoms with Gasteiger partial charge in [0, 0.05) is 29.6 Å². The molecule has 0 atom stereocenters. The number of anilines is 1. The molecule has 25 heavy (non-hydrogen) atoms. The molecule has 0 saturated heterocycles. The second-order valence-electron chi connectivity index (χ2n) is 5.72. The van der Waals surface area contributed by atoms with E-state index in [-0.39, 0.29) is 12.3 Å². The molecule has 1 aromatic carbocycles. The summed E-state index contributed by atoms with van der Waals surface area (Å²) in [6.07, 6.45) is 2.06. The van der Waals surface area contributed by atoms with Crippen molar-refractivity contribution in [3.05, 3.63) is 58.1 Å². The normalized spacial score (nSPS) is 10.8. The van der Waals surface area contributed by atoms with Crippen molar-refractivity contribution < 1.29 is 9.53 Å². The number of aromatic nitrogens is 3. The average Bonchev–Trinajstić information content (AvgIpc) is 3.16. The number of carbonyl (C=O) groups excluding carboxylic acids is 1. The van der Waals surface area contributed by atoms with Crippen LogP contribution in [0.5, 0.6) is 0 Å². The van der Waals surface area contributed by atoms with Gasteiger partial charge in [-0.25, -0.2) is 9.97 Å². The van der Waals surface area contributed by atoms with Crippen molar-refractivity contribution in [2.24, 2.45) is 0 Å². The van der Waals surface area contributed by atoms with Crippen molar-refractivity contribution >= 4 is 22.9 Å². The summed E-state index contributed by atoms with van der Waals surface area (Å²) in [5.41, 5.74) is 4.65. The van der Waals surface area contributed by atoms with Gasteiger partial charge < -0.3 is 14.6 Å². The van der Waals surface area contributed by atoms with Gasteiger partial charge in [-0.1, -0.05) is 0 Å². The maximum absolute atomic E-state index is 12.2. The second kappa shape index (κ2) is 7.58. The van der Waals surface area contributed by atoms with Gasteiger partial charge in [0.2, 0.25) is 5.91 Å². The summed E-state index contributed by atoms with van der Waals surface area (Å²) in [4.78, 5) is 20.8. The van der Waals surface area contributed by atoms with E-state index in [1.54, 1.807) is 13.4 Å². The number of aryl methyl sites for hydroxylation is 1. The third-order valence-electron chi connectivity index (χ3n) is 3.89. The molecule has 6 nitrogen and oxygen atoms in total. The van der Waals surface area contributed by atoms with Gasteiger partial charge in [0.1, 0.15) is 5.01 Å². The number of methoxy groups -OCH3 is 1. The molecule has 0 aliphatic carbocycles. The largest absolute Gasteiger partial charge is 0.378 e. The molecule has 2 heterocycles. The van der Waals surface area contributed by atoms with Gasteiger partial charge in [-0.2, -0.15) is 0 Å². The van der Waals surface area contributed by atoms with Crippen molar-refractivity contribution in [2.75, 3.05) is 12.4 Å². The summed E-state index contributed by atoms with van der Waals surface area (Å²) in [7, 11) is 1.63. The molecule has 0 radical (unpaired) electrons. The number of rotatable bonds is 6. The average molecular weight is 356 g/mol. The highest BCUT2D eigenvalue weighted by Gasteiger charge is 2.09. The summed E-state index contributed by atoms with van der Waals surface area (Å²) in [6.45, 7) is 4.49. The minimum absolute atomic E-state index is 0.0864. The fourth-order valence-electron chi connectivity index (χ4n) is 2.45. The lowest BCUT2D eigenvalue weighted by molar-refractivity contribution is -0.115. The van der Waals surface area contributed by atoms with Crippen LogP contribution in [0.15, 0.2) is 36.0 Å².